The fourth-order valence-corrected chi connectivity index (χ4v) is 4.60. The normalized spacial score (nSPS) is 12.6. The number of carbonyl (C=O) groups is 1. The van der Waals surface area contributed by atoms with Crippen molar-refractivity contribution < 1.29 is 9.90 Å². The van der Waals surface area contributed by atoms with Gasteiger partial charge >= 0.3 is 5.97 Å². The van der Waals surface area contributed by atoms with Gasteiger partial charge in [-0.15, -0.1) is 0 Å². The Labute approximate surface area is 202 Å². The third-order valence-electron chi connectivity index (χ3n) is 6.78. The highest BCUT2D eigenvalue weighted by Gasteiger charge is 2.05. The molecule has 0 fully saturated rings. The van der Waals surface area contributed by atoms with Crippen LogP contribution in [-0.4, -0.2) is 11.1 Å². The minimum absolute atomic E-state index is 0.337. The number of hydrogen-bond donors (Lipinski definition) is 1. The van der Waals surface area contributed by atoms with Crippen LogP contribution in [0.25, 0.3) is 0 Å². The van der Waals surface area contributed by atoms with Crippen LogP contribution in [0.1, 0.15) is 168 Å². The Kier molecular flexibility index (Phi) is 25.8. The second kappa shape index (κ2) is 26.5. The fourth-order valence-electron chi connectivity index (χ4n) is 4.60. The third kappa shape index (κ3) is 25.5. The zero-order chi connectivity index (χ0) is 23.5. The fraction of sp³-hybridized carbons (Fsp3) is 0.900. The maximum absolute atomic E-state index is 10.6. The van der Waals surface area contributed by atoms with E-state index in [0.717, 1.165) is 18.8 Å². The first-order valence-electron chi connectivity index (χ1n) is 14.6. The van der Waals surface area contributed by atoms with E-state index in [0.29, 0.717) is 6.42 Å². The van der Waals surface area contributed by atoms with Gasteiger partial charge in [-0.3, -0.25) is 4.79 Å². The molecule has 0 amide bonds. The van der Waals surface area contributed by atoms with Crippen LogP contribution in [0, 0.1) is 5.92 Å². The van der Waals surface area contributed by atoms with Crippen molar-refractivity contribution >= 4 is 5.97 Å². The number of carboxylic acids is 1. The first-order valence-corrected chi connectivity index (χ1v) is 14.6. The molecule has 2 nitrogen and oxygen atoms in total. The van der Waals surface area contributed by atoms with E-state index in [4.69, 9.17) is 5.11 Å². The van der Waals surface area contributed by atoms with Crippen LogP contribution < -0.4 is 0 Å². The van der Waals surface area contributed by atoms with Gasteiger partial charge in [0.25, 0.3) is 0 Å². The van der Waals surface area contributed by atoms with Gasteiger partial charge in [0.1, 0.15) is 0 Å². The SMILES string of the molecule is CCCCCCCCCC/C=C/C(CCCCCCCC)CCCCCCCCC(=O)O. The topological polar surface area (TPSA) is 37.3 Å². The minimum Gasteiger partial charge on any atom is -0.481 e. The van der Waals surface area contributed by atoms with Crippen LogP contribution in [0.5, 0.6) is 0 Å². The highest BCUT2D eigenvalue weighted by Crippen LogP contribution is 2.21. The van der Waals surface area contributed by atoms with E-state index in [1.54, 1.807) is 0 Å². The Morgan fingerprint density at radius 3 is 1.47 bits per heavy atom. The van der Waals surface area contributed by atoms with Gasteiger partial charge in [0.05, 0.1) is 0 Å². The second-order valence-electron chi connectivity index (χ2n) is 10.1. The molecule has 2 heteroatoms. The summed E-state index contributed by atoms with van der Waals surface area (Å²) in [5, 5.41) is 8.71. The molecule has 190 valence electrons. The van der Waals surface area contributed by atoms with Gasteiger partial charge < -0.3 is 5.11 Å². The lowest BCUT2D eigenvalue weighted by Gasteiger charge is -2.13. The summed E-state index contributed by atoms with van der Waals surface area (Å²) in [5.41, 5.74) is 0. The van der Waals surface area contributed by atoms with Crippen LogP contribution in [0.15, 0.2) is 12.2 Å². The summed E-state index contributed by atoms with van der Waals surface area (Å²) in [6.07, 6.45) is 36.0. The highest BCUT2D eigenvalue weighted by molar-refractivity contribution is 5.66. The molecule has 0 aliphatic rings. The van der Waals surface area contributed by atoms with E-state index in [-0.39, 0.29) is 0 Å². The van der Waals surface area contributed by atoms with E-state index in [1.165, 1.54) is 135 Å². The predicted octanol–water partition coefficient (Wildman–Crippen LogP) is 10.6. The Morgan fingerprint density at radius 2 is 1.00 bits per heavy atom. The monoisotopic (exact) mass is 450 g/mol. The van der Waals surface area contributed by atoms with Crippen molar-refractivity contribution in [1.29, 1.82) is 0 Å². The molecule has 0 saturated carbocycles. The zero-order valence-electron chi connectivity index (χ0n) is 22.1. The van der Waals surface area contributed by atoms with E-state index < -0.39 is 5.97 Å². The van der Waals surface area contributed by atoms with Crippen LogP contribution in [-0.2, 0) is 4.79 Å². The Bertz CT molecular complexity index is 402. The van der Waals surface area contributed by atoms with Crippen LogP contribution in [0.2, 0.25) is 0 Å². The second-order valence-corrected chi connectivity index (χ2v) is 10.1. The molecule has 0 aromatic heterocycles. The lowest BCUT2D eigenvalue weighted by Crippen LogP contribution is -1.98. The van der Waals surface area contributed by atoms with Gasteiger partial charge in [-0.05, 0) is 38.0 Å². The summed E-state index contributed by atoms with van der Waals surface area (Å²) >= 11 is 0. The molecule has 32 heavy (non-hydrogen) atoms. The molecule has 0 radical (unpaired) electrons. The first kappa shape index (κ1) is 31.2. The molecule has 0 saturated heterocycles. The standard InChI is InChI=1S/C30H58O2/c1-3-5-7-9-11-12-13-14-18-22-26-29(25-21-17-10-8-6-4-2)27-23-19-15-16-20-24-28-30(31)32/h22,26,29H,3-21,23-25,27-28H2,1-2H3,(H,31,32)/b26-22+. The number of rotatable bonds is 26. The van der Waals surface area contributed by atoms with Gasteiger partial charge in [-0.1, -0.05) is 142 Å². The van der Waals surface area contributed by atoms with Crippen molar-refractivity contribution in [3.05, 3.63) is 12.2 Å². The first-order chi connectivity index (χ1) is 15.7. The maximum Gasteiger partial charge on any atom is 0.303 e. The zero-order valence-corrected chi connectivity index (χ0v) is 22.1. The number of unbranched alkanes of at least 4 members (excludes halogenated alkanes) is 18. The van der Waals surface area contributed by atoms with Gasteiger partial charge in [-0.2, -0.15) is 0 Å². The molecule has 0 heterocycles. The molecule has 0 aromatic carbocycles. The van der Waals surface area contributed by atoms with E-state index >= 15 is 0 Å². The smallest absolute Gasteiger partial charge is 0.303 e. The maximum atomic E-state index is 10.6. The van der Waals surface area contributed by atoms with Crippen molar-refractivity contribution in [3.63, 3.8) is 0 Å². The number of hydrogen-bond acceptors (Lipinski definition) is 1. The van der Waals surface area contributed by atoms with Crippen LogP contribution in [0.3, 0.4) is 0 Å². The number of carboxylic acid groups (broad SMARTS) is 1. The third-order valence-corrected chi connectivity index (χ3v) is 6.78. The highest BCUT2D eigenvalue weighted by atomic mass is 16.4. The molecule has 0 spiro atoms. The van der Waals surface area contributed by atoms with Gasteiger partial charge in [-0.25, -0.2) is 0 Å². The van der Waals surface area contributed by atoms with Crippen molar-refractivity contribution in [2.45, 2.75) is 168 Å². The number of allylic oxidation sites excluding steroid dienone is 2. The minimum atomic E-state index is -0.652. The van der Waals surface area contributed by atoms with Crippen molar-refractivity contribution in [2.75, 3.05) is 0 Å². The summed E-state index contributed by atoms with van der Waals surface area (Å²) in [7, 11) is 0. The Balaban J connectivity index is 3.93. The summed E-state index contributed by atoms with van der Waals surface area (Å²) in [6, 6.07) is 0. The molecule has 1 atom stereocenters. The summed E-state index contributed by atoms with van der Waals surface area (Å²) in [6.45, 7) is 4.58. The Hall–Kier alpha value is -0.790. The van der Waals surface area contributed by atoms with Crippen molar-refractivity contribution in [2.24, 2.45) is 5.92 Å². The molecule has 0 aliphatic heterocycles. The van der Waals surface area contributed by atoms with Crippen LogP contribution >= 0.6 is 0 Å². The number of aliphatic carboxylic acids is 1. The van der Waals surface area contributed by atoms with E-state index in [9.17, 15) is 4.79 Å². The molecule has 0 aliphatic carbocycles. The van der Waals surface area contributed by atoms with Gasteiger partial charge in [0.15, 0.2) is 0 Å². The lowest BCUT2D eigenvalue weighted by molar-refractivity contribution is -0.137. The molecule has 0 rings (SSSR count). The molecule has 0 bridgehead atoms. The Morgan fingerprint density at radius 1 is 0.594 bits per heavy atom. The van der Waals surface area contributed by atoms with E-state index in [1.807, 2.05) is 0 Å². The van der Waals surface area contributed by atoms with Crippen LogP contribution in [0.4, 0.5) is 0 Å². The van der Waals surface area contributed by atoms with Gasteiger partial charge in [0.2, 0.25) is 0 Å². The summed E-state index contributed by atoms with van der Waals surface area (Å²) < 4.78 is 0. The van der Waals surface area contributed by atoms with E-state index in [2.05, 4.69) is 26.0 Å². The molecule has 1 unspecified atom stereocenters. The largest absolute Gasteiger partial charge is 0.481 e. The molecular formula is C30H58O2. The molecular weight excluding hydrogens is 392 g/mol. The molecule has 0 aromatic rings. The summed E-state index contributed by atoms with van der Waals surface area (Å²) in [4.78, 5) is 10.6. The van der Waals surface area contributed by atoms with Crippen molar-refractivity contribution in [3.8, 4) is 0 Å². The van der Waals surface area contributed by atoms with Gasteiger partial charge in [0, 0.05) is 6.42 Å². The quantitative estimate of drug-likeness (QED) is 0.105. The molecule has 1 N–H and O–H groups in total. The average Bonchev–Trinajstić information content (AvgIpc) is 2.78. The predicted molar refractivity (Wildman–Crippen MR) is 142 cm³/mol. The van der Waals surface area contributed by atoms with Crippen molar-refractivity contribution in [1.82, 2.24) is 0 Å². The lowest BCUT2D eigenvalue weighted by atomic mass is 9.93. The summed E-state index contributed by atoms with van der Waals surface area (Å²) in [5.74, 6) is 0.128. The average molecular weight is 451 g/mol.